The number of nitrogens with two attached hydrogens (primary N) is 1. The maximum Gasteiger partial charge on any atom is 0.416 e. The summed E-state index contributed by atoms with van der Waals surface area (Å²) in [5.74, 6) is -0.685. The molecule has 0 radical (unpaired) electrons. The van der Waals surface area contributed by atoms with Crippen LogP contribution in [0.3, 0.4) is 0 Å². The second-order valence-corrected chi connectivity index (χ2v) is 9.49. The van der Waals surface area contributed by atoms with Gasteiger partial charge in [-0.3, -0.25) is 19.6 Å². The molecule has 0 spiro atoms. The molecule has 3 amide bonds. The number of nitrogens with one attached hydrogen (secondary N) is 2. The fraction of sp³-hybridized carbons (Fsp3) is 0.321. The molecule has 4 N–H and O–H groups in total. The molecule has 2 heterocycles. The molecule has 43 heavy (non-hydrogen) atoms. The second kappa shape index (κ2) is 12.8. The first kappa shape index (κ1) is 30.9. The Morgan fingerprint density at radius 1 is 1.12 bits per heavy atom. The largest absolute Gasteiger partial charge is 0.494 e. The van der Waals surface area contributed by atoms with Crippen molar-refractivity contribution in [3.05, 3.63) is 70.5 Å². The van der Waals surface area contributed by atoms with Crippen molar-refractivity contribution in [1.29, 1.82) is 0 Å². The van der Waals surface area contributed by atoms with Crippen molar-refractivity contribution in [2.75, 3.05) is 19.0 Å². The summed E-state index contributed by atoms with van der Waals surface area (Å²) < 4.78 is 52.6. The molecule has 0 bridgehead atoms. The number of halogens is 3. The van der Waals surface area contributed by atoms with E-state index in [1.165, 1.54) is 31.4 Å². The fourth-order valence-electron chi connectivity index (χ4n) is 4.44. The third-order valence-electron chi connectivity index (χ3n) is 6.42. The molecular formula is C28H30F3N7O5. The lowest BCUT2D eigenvalue weighted by Crippen LogP contribution is -2.26. The van der Waals surface area contributed by atoms with E-state index in [0.717, 1.165) is 12.1 Å². The van der Waals surface area contributed by atoms with Crippen molar-refractivity contribution in [3.8, 4) is 5.75 Å². The number of carbonyl (C=O) groups is 3. The Kier molecular flexibility index (Phi) is 9.21. The molecule has 0 atom stereocenters. The van der Waals surface area contributed by atoms with E-state index in [4.69, 9.17) is 15.2 Å². The molecule has 0 unspecified atom stereocenters. The van der Waals surface area contributed by atoms with Crippen LogP contribution in [-0.2, 0) is 30.6 Å². The number of primary amides is 1. The van der Waals surface area contributed by atoms with Gasteiger partial charge in [-0.1, -0.05) is 12.1 Å². The van der Waals surface area contributed by atoms with Crippen LogP contribution in [0.15, 0.2) is 42.5 Å². The summed E-state index contributed by atoms with van der Waals surface area (Å²) in [6, 6.07) is 9.11. The highest BCUT2D eigenvalue weighted by Crippen LogP contribution is 2.31. The van der Waals surface area contributed by atoms with Crippen LogP contribution in [-0.4, -0.2) is 50.9 Å². The molecule has 0 fully saturated rings. The first-order chi connectivity index (χ1) is 20.4. The van der Waals surface area contributed by atoms with Gasteiger partial charge in [-0.25, -0.2) is 9.78 Å². The summed E-state index contributed by atoms with van der Waals surface area (Å²) in [5.41, 5.74) is 6.81. The highest BCUT2D eigenvalue weighted by molar-refractivity contribution is 6.04. The first-order valence-corrected chi connectivity index (χ1v) is 13.2. The zero-order valence-electron chi connectivity index (χ0n) is 23.6. The topological polar surface area (TPSA) is 155 Å². The molecule has 2 aromatic carbocycles. The predicted molar refractivity (Wildman–Crippen MR) is 150 cm³/mol. The predicted octanol–water partition coefficient (Wildman–Crippen LogP) is 4.26. The van der Waals surface area contributed by atoms with Crippen LogP contribution >= 0.6 is 0 Å². The second-order valence-electron chi connectivity index (χ2n) is 9.49. The lowest BCUT2D eigenvalue weighted by atomic mass is 10.1. The summed E-state index contributed by atoms with van der Waals surface area (Å²) in [5, 5.41) is 9.65. The maximum atomic E-state index is 13.2. The number of methoxy groups -OCH3 is 1. The Bertz CT molecular complexity index is 1660. The average Bonchev–Trinajstić information content (AvgIpc) is 3.52. The molecule has 15 heteroatoms. The number of alkyl carbamates (subject to hydrolysis) is 1. The highest BCUT2D eigenvalue weighted by atomic mass is 19.4. The number of aryl methyl sites for hydroxylation is 3. The number of imidazole rings is 1. The molecule has 0 aliphatic carbocycles. The number of aromatic nitrogens is 4. The van der Waals surface area contributed by atoms with Gasteiger partial charge in [-0.2, -0.15) is 18.3 Å². The minimum Gasteiger partial charge on any atom is -0.494 e. The number of fused-ring (bicyclic) bond motifs is 1. The van der Waals surface area contributed by atoms with Gasteiger partial charge in [0.05, 0.1) is 23.9 Å². The van der Waals surface area contributed by atoms with Gasteiger partial charge < -0.3 is 25.1 Å². The van der Waals surface area contributed by atoms with E-state index < -0.39 is 29.6 Å². The van der Waals surface area contributed by atoms with Gasteiger partial charge in [0.2, 0.25) is 11.9 Å². The first-order valence-electron chi connectivity index (χ1n) is 13.2. The van der Waals surface area contributed by atoms with Crippen LogP contribution in [0.1, 0.15) is 51.0 Å². The highest BCUT2D eigenvalue weighted by Gasteiger charge is 2.30. The Hall–Kier alpha value is -5.08. The standard InChI is InChI=1S/C28H30F3N7O5/c1-4-38-21(11-16(2)36-38)25(40)35-26-34-20-13-18(24(32)39)14-22(42-3)23(20)37(26)10-6-9-33-27(41)43-15-17-7-5-8-19(12-17)28(29,30)31/h5,7-8,11-14H,4,6,9-10,15H2,1-3H3,(H2,32,39)(H,33,41)(H,34,35,40). The van der Waals surface area contributed by atoms with Crippen LogP contribution in [0.5, 0.6) is 5.75 Å². The number of benzene rings is 2. The van der Waals surface area contributed by atoms with Gasteiger partial charge in [0, 0.05) is 25.2 Å². The van der Waals surface area contributed by atoms with Crippen molar-refractivity contribution >= 4 is 34.9 Å². The molecule has 0 aliphatic rings. The minimum absolute atomic E-state index is 0.123. The number of hydrogen-bond acceptors (Lipinski definition) is 7. The summed E-state index contributed by atoms with van der Waals surface area (Å²) in [4.78, 5) is 41.8. The van der Waals surface area contributed by atoms with Crippen LogP contribution in [0.2, 0.25) is 0 Å². The number of hydrogen-bond donors (Lipinski definition) is 3. The van der Waals surface area contributed by atoms with Crippen molar-refractivity contribution in [2.24, 2.45) is 5.73 Å². The van der Waals surface area contributed by atoms with E-state index in [9.17, 15) is 27.6 Å². The van der Waals surface area contributed by atoms with E-state index in [2.05, 4.69) is 20.7 Å². The minimum atomic E-state index is -4.51. The molecule has 228 valence electrons. The number of amides is 3. The van der Waals surface area contributed by atoms with Gasteiger partial charge in [0.25, 0.3) is 5.91 Å². The van der Waals surface area contributed by atoms with Gasteiger partial charge in [0.15, 0.2) is 0 Å². The van der Waals surface area contributed by atoms with Crippen molar-refractivity contribution < 1.29 is 37.0 Å². The SMILES string of the molecule is CCn1nc(C)cc1C(=O)Nc1nc2cc(C(N)=O)cc(OC)c2n1CCCNC(=O)OCc1cccc(C(F)(F)F)c1. The lowest BCUT2D eigenvalue weighted by molar-refractivity contribution is -0.137. The molecule has 2 aromatic heterocycles. The zero-order chi connectivity index (χ0) is 31.3. The van der Waals surface area contributed by atoms with Crippen LogP contribution in [0.25, 0.3) is 11.0 Å². The van der Waals surface area contributed by atoms with Crippen LogP contribution in [0, 0.1) is 6.92 Å². The quantitative estimate of drug-likeness (QED) is 0.217. The van der Waals surface area contributed by atoms with Crippen molar-refractivity contribution in [2.45, 2.75) is 46.1 Å². The maximum absolute atomic E-state index is 13.2. The third kappa shape index (κ3) is 7.23. The number of nitrogens with zero attached hydrogens (tertiary/aromatic N) is 4. The Labute approximate surface area is 244 Å². The summed E-state index contributed by atoms with van der Waals surface area (Å²) >= 11 is 0. The fourth-order valence-corrected chi connectivity index (χ4v) is 4.44. The monoisotopic (exact) mass is 601 g/mol. The van der Waals surface area contributed by atoms with Crippen molar-refractivity contribution in [1.82, 2.24) is 24.6 Å². The number of carbonyl (C=O) groups excluding carboxylic acids is 3. The van der Waals surface area contributed by atoms with E-state index in [0.29, 0.717) is 41.1 Å². The molecular weight excluding hydrogens is 571 g/mol. The van der Waals surface area contributed by atoms with Crippen molar-refractivity contribution in [3.63, 3.8) is 0 Å². The van der Waals surface area contributed by atoms with E-state index >= 15 is 0 Å². The molecule has 0 saturated heterocycles. The van der Waals surface area contributed by atoms with E-state index in [1.807, 2.05) is 6.92 Å². The number of alkyl halides is 3. The van der Waals surface area contributed by atoms with Crippen LogP contribution < -0.4 is 21.1 Å². The Balaban J connectivity index is 1.48. The summed E-state index contributed by atoms with van der Waals surface area (Å²) in [6.45, 7) is 4.11. The normalized spacial score (nSPS) is 11.4. The van der Waals surface area contributed by atoms with Gasteiger partial charge in [-0.15, -0.1) is 0 Å². The number of anilines is 1. The summed E-state index contributed by atoms with van der Waals surface area (Å²) in [6.07, 6.45) is -4.98. The molecule has 0 aliphatic heterocycles. The van der Waals surface area contributed by atoms with Gasteiger partial charge in [-0.05, 0) is 56.2 Å². The third-order valence-corrected chi connectivity index (χ3v) is 6.42. The molecule has 4 rings (SSSR count). The van der Waals surface area contributed by atoms with Gasteiger partial charge >= 0.3 is 12.3 Å². The zero-order valence-corrected chi connectivity index (χ0v) is 23.6. The Morgan fingerprint density at radius 2 is 1.88 bits per heavy atom. The average molecular weight is 602 g/mol. The number of rotatable bonds is 11. The molecule has 12 nitrogen and oxygen atoms in total. The van der Waals surface area contributed by atoms with Crippen LogP contribution in [0.4, 0.5) is 23.9 Å². The lowest BCUT2D eigenvalue weighted by Gasteiger charge is -2.13. The van der Waals surface area contributed by atoms with E-state index in [-0.39, 0.29) is 36.8 Å². The number of ether oxygens (including phenoxy) is 2. The summed E-state index contributed by atoms with van der Waals surface area (Å²) in [7, 11) is 1.42. The molecule has 4 aromatic rings. The smallest absolute Gasteiger partial charge is 0.416 e. The van der Waals surface area contributed by atoms with Gasteiger partial charge in [0.1, 0.15) is 23.6 Å². The van der Waals surface area contributed by atoms with E-state index in [1.54, 1.807) is 22.2 Å². The Morgan fingerprint density at radius 3 is 2.56 bits per heavy atom. The molecule has 0 saturated carbocycles.